The SMILES string of the molecule is C=Cc1c(C)c2cc3nc(c(C)c4nc(cc5[nH]c(cc1[nH]2)c(C)c5CC)C(C)=C4)[C@@H](CCCC)[C@@H]3C. The van der Waals surface area contributed by atoms with Crippen LogP contribution in [0.25, 0.3) is 39.8 Å². The molecule has 0 saturated heterocycles. The van der Waals surface area contributed by atoms with Crippen molar-refractivity contribution >= 4 is 39.8 Å². The van der Waals surface area contributed by atoms with Gasteiger partial charge in [-0.2, -0.15) is 0 Å². The molecule has 2 aliphatic heterocycles. The Labute approximate surface area is 221 Å². The summed E-state index contributed by atoms with van der Waals surface area (Å²) in [6, 6.07) is 6.72. The van der Waals surface area contributed by atoms with Crippen LogP contribution in [0.15, 0.2) is 24.8 Å². The molecule has 3 aromatic rings. The smallest absolute Gasteiger partial charge is 0.0687 e. The van der Waals surface area contributed by atoms with Crippen molar-refractivity contribution in [2.45, 2.75) is 86.0 Å². The van der Waals surface area contributed by atoms with Gasteiger partial charge in [0.1, 0.15) is 0 Å². The standard InChI is InChI=1S/C33H40N4/c1-9-12-13-25-21(7)30-16-28-19(5)24(11-3)32(35-28)17-29-20(6)23(10-2)31(36-29)15-26-18(4)14-27(34-26)22(8)33(25)37-30/h11,14-17,21,25,35-36H,3,9-10,12-13H2,1-2,4-8H3/t21-,25-/m0/s1. The molecule has 0 aromatic carbocycles. The Morgan fingerprint density at radius 3 is 2.32 bits per heavy atom. The van der Waals surface area contributed by atoms with E-state index >= 15 is 0 Å². The molecule has 3 aromatic heterocycles. The average molecular weight is 493 g/mol. The lowest BCUT2D eigenvalue weighted by molar-refractivity contribution is 0.529. The number of rotatable bonds is 5. The number of allylic oxidation sites excluding steroid dienone is 1. The average Bonchev–Trinajstić information content (AvgIpc) is 3.57. The second-order valence-electron chi connectivity index (χ2n) is 10.8. The lowest BCUT2D eigenvalue weighted by Crippen LogP contribution is -2.04. The molecule has 5 heterocycles. The Morgan fingerprint density at radius 1 is 0.892 bits per heavy atom. The van der Waals surface area contributed by atoms with Crippen molar-refractivity contribution in [2.24, 2.45) is 0 Å². The van der Waals surface area contributed by atoms with Crippen LogP contribution in [0.5, 0.6) is 0 Å². The first-order chi connectivity index (χ1) is 17.8. The van der Waals surface area contributed by atoms with Crippen LogP contribution in [-0.4, -0.2) is 19.9 Å². The molecule has 0 spiro atoms. The number of hydrogen-bond acceptors (Lipinski definition) is 2. The summed E-state index contributed by atoms with van der Waals surface area (Å²) in [5, 5.41) is 0. The van der Waals surface area contributed by atoms with Crippen LogP contribution >= 0.6 is 0 Å². The van der Waals surface area contributed by atoms with Gasteiger partial charge < -0.3 is 9.97 Å². The predicted octanol–water partition coefficient (Wildman–Crippen LogP) is 9.08. The summed E-state index contributed by atoms with van der Waals surface area (Å²) in [4.78, 5) is 17.8. The molecule has 0 saturated carbocycles. The van der Waals surface area contributed by atoms with Crippen LogP contribution < -0.4 is 0 Å². The summed E-state index contributed by atoms with van der Waals surface area (Å²) >= 11 is 0. The third-order valence-electron chi connectivity index (χ3n) is 8.54. The molecule has 2 aliphatic rings. The molecular weight excluding hydrogens is 452 g/mol. The van der Waals surface area contributed by atoms with E-state index in [1.54, 1.807) is 0 Å². The number of aromatic nitrogens is 4. The number of fused-ring (bicyclic) bond motifs is 8. The number of aryl methyl sites for hydroxylation is 3. The molecule has 2 atom stereocenters. The first-order valence-electron chi connectivity index (χ1n) is 13.8. The summed E-state index contributed by atoms with van der Waals surface area (Å²) in [5.74, 6) is 0.767. The number of nitrogens with zero attached hydrogens (tertiary/aromatic N) is 2. The maximum absolute atomic E-state index is 5.29. The molecule has 192 valence electrons. The number of unbranched alkanes of at least 4 members (excludes halogenated alkanes) is 1. The largest absolute Gasteiger partial charge is 0.355 e. The fourth-order valence-electron chi connectivity index (χ4n) is 6.11. The van der Waals surface area contributed by atoms with Crippen LogP contribution in [0.3, 0.4) is 0 Å². The van der Waals surface area contributed by atoms with Crippen molar-refractivity contribution in [2.75, 3.05) is 0 Å². The molecule has 0 fully saturated rings. The highest BCUT2D eigenvalue weighted by atomic mass is 14.8. The molecule has 5 rings (SSSR count). The molecular formula is C33H40N4. The fraction of sp³-hybridized carbons (Fsp3) is 0.394. The first-order valence-corrected chi connectivity index (χ1v) is 13.8. The molecule has 2 N–H and O–H groups in total. The first kappa shape index (κ1) is 25.3. The summed E-state index contributed by atoms with van der Waals surface area (Å²) in [7, 11) is 0. The van der Waals surface area contributed by atoms with E-state index in [4.69, 9.17) is 9.97 Å². The maximum Gasteiger partial charge on any atom is 0.0687 e. The summed E-state index contributed by atoms with van der Waals surface area (Å²) in [6.45, 7) is 19.7. The minimum absolute atomic E-state index is 0.358. The van der Waals surface area contributed by atoms with Crippen molar-refractivity contribution in [1.29, 1.82) is 0 Å². The zero-order valence-corrected chi connectivity index (χ0v) is 23.5. The van der Waals surface area contributed by atoms with Gasteiger partial charge in [-0.05, 0) is 92.6 Å². The Balaban J connectivity index is 1.94. The van der Waals surface area contributed by atoms with Crippen LogP contribution in [0.1, 0.15) is 109 Å². The molecule has 0 unspecified atom stereocenters. The van der Waals surface area contributed by atoms with Gasteiger partial charge in [0.2, 0.25) is 0 Å². The van der Waals surface area contributed by atoms with Crippen LogP contribution in [0.4, 0.5) is 0 Å². The summed E-state index contributed by atoms with van der Waals surface area (Å²) < 4.78 is 0. The Bertz CT molecular complexity index is 1580. The topological polar surface area (TPSA) is 57.4 Å². The molecule has 0 amide bonds. The van der Waals surface area contributed by atoms with E-state index in [2.05, 4.69) is 89.3 Å². The minimum atomic E-state index is 0.358. The van der Waals surface area contributed by atoms with E-state index in [9.17, 15) is 0 Å². The molecule has 4 nitrogen and oxygen atoms in total. The second-order valence-corrected chi connectivity index (χ2v) is 10.8. The van der Waals surface area contributed by atoms with Gasteiger partial charge in [-0.1, -0.05) is 46.3 Å². The van der Waals surface area contributed by atoms with Gasteiger partial charge in [-0.25, -0.2) is 4.98 Å². The zero-order chi connectivity index (χ0) is 26.4. The fourth-order valence-corrected chi connectivity index (χ4v) is 6.11. The Kier molecular flexibility index (Phi) is 6.70. The van der Waals surface area contributed by atoms with Crippen molar-refractivity contribution in [1.82, 2.24) is 19.9 Å². The van der Waals surface area contributed by atoms with E-state index in [0.29, 0.717) is 11.8 Å². The van der Waals surface area contributed by atoms with Gasteiger partial charge in [0.05, 0.1) is 11.4 Å². The third kappa shape index (κ3) is 4.27. The highest BCUT2D eigenvalue weighted by Crippen LogP contribution is 2.42. The summed E-state index contributed by atoms with van der Waals surface area (Å²) in [6.07, 6.45) is 8.70. The predicted molar refractivity (Wildman–Crippen MR) is 159 cm³/mol. The van der Waals surface area contributed by atoms with Crippen molar-refractivity contribution in [3.05, 3.63) is 75.4 Å². The number of H-pyrrole nitrogens is 2. The van der Waals surface area contributed by atoms with E-state index in [0.717, 1.165) is 57.6 Å². The number of hydrogen-bond donors (Lipinski definition) is 2. The van der Waals surface area contributed by atoms with Gasteiger partial charge in [0, 0.05) is 50.9 Å². The lowest BCUT2D eigenvalue weighted by Gasteiger charge is -2.16. The van der Waals surface area contributed by atoms with Gasteiger partial charge in [0.25, 0.3) is 0 Å². The molecule has 0 radical (unpaired) electrons. The zero-order valence-electron chi connectivity index (χ0n) is 23.5. The van der Waals surface area contributed by atoms with E-state index in [-0.39, 0.29) is 0 Å². The molecule has 37 heavy (non-hydrogen) atoms. The van der Waals surface area contributed by atoms with E-state index < -0.39 is 0 Å². The van der Waals surface area contributed by atoms with Gasteiger partial charge in [0.15, 0.2) is 0 Å². The number of nitrogens with one attached hydrogen (secondary N) is 2. The third-order valence-corrected chi connectivity index (χ3v) is 8.54. The number of aromatic amines is 2. The highest BCUT2D eigenvalue weighted by molar-refractivity contribution is 5.86. The highest BCUT2D eigenvalue weighted by Gasteiger charge is 2.30. The van der Waals surface area contributed by atoms with Gasteiger partial charge in [-0.3, -0.25) is 4.98 Å². The molecule has 8 bridgehead atoms. The second kappa shape index (κ2) is 9.81. The Hall–Kier alpha value is -3.40. The maximum atomic E-state index is 5.29. The monoisotopic (exact) mass is 492 g/mol. The van der Waals surface area contributed by atoms with Crippen molar-refractivity contribution < 1.29 is 0 Å². The minimum Gasteiger partial charge on any atom is -0.355 e. The Morgan fingerprint density at radius 2 is 1.62 bits per heavy atom. The van der Waals surface area contributed by atoms with Crippen LogP contribution in [-0.2, 0) is 6.42 Å². The van der Waals surface area contributed by atoms with Crippen LogP contribution in [0, 0.1) is 20.8 Å². The van der Waals surface area contributed by atoms with Crippen LogP contribution in [0.2, 0.25) is 0 Å². The van der Waals surface area contributed by atoms with E-state index in [1.165, 1.54) is 46.4 Å². The van der Waals surface area contributed by atoms with E-state index in [1.807, 2.05) is 6.08 Å². The van der Waals surface area contributed by atoms with Gasteiger partial charge in [-0.15, -0.1) is 0 Å². The lowest BCUT2D eigenvalue weighted by atomic mass is 9.85. The van der Waals surface area contributed by atoms with Crippen molar-refractivity contribution in [3.63, 3.8) is 0 Å². The summed E-state index contributed by atoms with van der Waals surface area (Å²) in [5.41, 5.74) is 16.3. The normalized spacial score (nSPS) is 17.2. The van der Waals surface area contributed by atoms with Gasteiger partial charge >= 0.3 is 0 Å². The molecule has 0 aliphatic carbocycles. The van der Waals surface area contributed by atoms with Crippen molar-refractivity contribution in [3.8, 4) is 0 Å². The quantitative estimate of drug-likeness (QED) is 0.373. The molecule has 4 heteroatoms.